The third kappa shape index (κ3) is 0.996. The average molecular weight is 99.1 g/mol. The molecular formula is C5H9NO. The molecule has 0 aromatic carbocycles. The molecule has 1 unspecified atom stereocenters. The second-order valence-electron chi connectivity index (χ2n) is 1.53. The lowest BCUT2D eigenvalue weighted by Gasteiger charge is -1.99. The molecule has 0 radical (unpaired) electrons. The Balaban J connectivity index is 2.28. The molecular weight excluding hydrogens is 90.1 g/mol. The van der Waals surface area contributed by atoms with Gasteiger partial charge in [0.05, 0.1) is 6.61 Å². The van der Waals surface area contributed by atoms with E-state index in [0.29, 0.717) is 6.61 Å². The summed E-state index contributed by atoms with van der Waals surface area (Å²) in [4.78, 5) is 4.01. The SMILES string of the molecule is CCC1N=CCO1. The molecule has 1 atom stereocenters. The highest BCUT2D eigenvalue weighted by atomic mass is 16.5. The van der Waals surface area contributed by atoms with Crippen molar-refractivity contribution >= 4 is 6.21 Å². The van der Waals surface area contributed by atoms with E-state index in [0.717, 1.165) is 6.42 Å². The molecule has 0 bridgehead atoms. The molecule has 0 aliphatic carbocycles. The van der Waals surface area contributed by atoms with Gasteiger partial charge in [-0.05, 0) is 6.42 Å². The summed E-state index contributed by atoms with van der Waals surface area (Å²) in [5, 5.41) is 0. The Labute approximate surface area is 43.2 Å². The number of aliphatic imine (C=N–C) groups is 1. The first kappa shape index (κ1) is 4.78. The molecule has 1 heterocycles. The Bertz CT molecular complexity index is 80.1. The Hall–Kier alpha value is -0.370. The molecule has 1 aliphatic heterocycles. The third-order valence-electron chi connectivity index (χ3n) is 0.984. The second-order valence-corrected chi connectivity index (χ2v) is 1.53. The normalized spacial score (nSPS) is 29.0. The highest BCUT2D eigenvalue weighted by Crippen LogP contribution is 2.02. The van der Waals surface area contributed by atoms with Crippen molar-refractivity contribution in [3.63, 3.8) is 0 Å². The second kappa shape index (κ2) is 2.07. The Morgan fingerprint density at radius 1 is 2.00 bits per heavy atom. The van der Waals surface area contributed by atoms with Crippen LogP contribution in [-0.2, 0) is 4.74 Å². The topological polar surface area (TPSA) is 21.6 Å². The lowest BCUT2D eigenvalue weighted by Crippen LogP contribution is -2.00. The number of nitrogens with zero attached hydrogens (tertiary/aromatic N) is 1. The van der Waals surface area contributed by atoms with Crippen LogP contribution in [0.4, 0.5) is 0 Å². The van der Waals surface area contributed by atoms with E-state index >= 15 is 0 Å². The lowest BCUT2D eigenvalue weighted by atomic mass is 10.4. The van der Waals surface area contributed by atoms with Gasteiger partial charge in [-0.3, -0.25) is 4.99 Å². The maximum Gasteiger partial charge on any atom is 0.148 e. The van der Waals surface area contributed by atoms with E-state index < -0.39 is 0 Å². The van der Waals surface area contributed by atoms with Gasteiger partial charge in [0.1, 0.15) is 6.23 Å². The van der Waals surface area contributed by atoms with E-state index in [-0.39, 0.29) is 6.23 Å². The quantitative estimate of drug-likeness (QED) is 0.477. The molecule has 0 aromatic rings. The Morgan fingerprint density at radius 3 is 3.14 bits per heavy atom. The van der Waals surface area contributed by atoms with Crippen molar-refractivity contribution in [1.29, 1.82) is 0 Å². The minimum atomic E-state index is 0.167. The molecule has 0 N–H and O–H groups in total. The van der Waals surface area contributed by atoms with Crippen LogP contribution in [0, 0.1) is 0 Å². The van der Waals surface area contributed by atoms with Crippen molar-refractivity contribution in [3.05, 3.63) is 0 Å². The first-order valence-electron chi connectivity index (χ1n) is 2.56. The van der Waals surface area contributed by atoms with Crippen LogP contribution in [0.1, 0.15) is 13.3 Å². The maximum atomic E-state index is 5.08. The minimum absolute atomic E-state index is 0.167. The van der Waals surface area contributed by atoms with Crippen LogP contribution in [0.15, 0.2) is 4.99 Å². The van der Waals surface area contributed by atoms with Crippen LogP contribution < -0.4 is 0 Å². The third-order valence-corrected chi connectivity index (χ3v) is 0.984. The minimum Gasteiger partial charge on any atom is -0.351 e. The molecule has 0 saturated carbocycles. The fourth-order valence-corrected chi connectivity index (χ4v) is 0.581. The summed E-state index contributed by atoms with van der Waals surface area (Å²) < 4.78 is 5.08. The van der Waals surface area contributed by atoms with Crippen LogP contribution in [-0.4, -0.2) is 19.0 Å². The van der Waals surface area contributed by atoms with E-state index in [2.05, 4.69) is 11.9 Å². The predicted octanol–water partition coefficient (Wildman–Crippen LogP) is 0.824. The summed E-state index contributed by atoms with van der Waals surface area (Å²) >= 11 is 0. The zero-order chi connectivity index (χ0) is 5.11. The predicted molar refractivity (Wildman–Crippen MR) is 28.5 cm³/mol. The fourth-order valence-electron chi connectivity index (χ4n) is 0.581. The summed E-state index contributed by atoms with van der Waals surface area (Å²) in [5.41, 5.74) is 0. The van der Waals surface area contributed by atoms with E-state index in [1.54, 1.807) is 0 Å². The highest BCUT2D eigenvalue weighted by Gasteiger charge is 2.04. The van der Waals surface area contributed by atoms with Crippen LogP contribution in [0.25, 0.3) is 0 Å². The van der Waals surface area contributed by atoms with Crippen molar-refractivity contribution in [2.45, 2.75) is 19.6 Å². The van der Waals surface area contributed by atoms with E-state index in [1.807, 2.05) is 6.21 Å². The molecule has 0 saturated heterocycles. The Morgan fingerprint density at radius 2 is 2.86 bits per heavy atom. The number of hydrogen-bond acceptors (Lipinski definition) is 2. The molecule has 1 rings (SSSR count). The maximum absolute atomic E-state index is 5.08. The molecule has 0 amide bonds. The zero-order valence-corrected chi connectivity index (χ0v) is 4.42. The van der Waals surface area contributed by atoms with Crippen LogP contribution in [0.2, 0.25) is 0 Å². The largest absolute Gasteiger partial charge is 0.351 e. The van der Waals surface area contributed by atoms with Crippen LogP contribution >= 0.6 is 0 Å². The standard InChI is InChI=1S/C5H9NO/c1-2-5-6-3-4-7-5/h3,5H,2,4H2,1H3. The molecule has 1 aliphatic rings. The van der Waals surface area contributed by atoms with Gasteiger partial charge in [0.25, 0.3) is 0 Å². The van der Waals surface area contributed by atoms with Gasteiger partial charge in [-0.1, -0.05) is 6.92 Å². The first-order valence-corrected chi connectivity index (χ1v) is 2.56. The zero-order valence-electron chi connectivity index (χ0n) is 4.42. The first-order chi connectivity index (χ1) is 3.43. The summed E-state index contributed by atoms with van der Waals surface area (Å²) in [5.74, 6) is 0. The number of rotatable bonds is 1. The summed E-state index contributed by atoms with van der Waals surface area (Å²) in [6.07, 6.45) is 2.98. The summed E-state index contributed by atoms with van der Waals surface area (Å²) in [7, 11) is 0. The van der Waals surface area contributed by atoms with Crippen LogP contribution in [0.3, 0.4) is 0 Å². The van der Waals surface area contributed by atoms with Gasteiger partial charge in [0.2, 0.25) is 0 Å². The van der Waals surface area contributed by atoms with Crippen molar-refractivity contribution in [2.75, 3.05) is 6.61 Å². The molecule has 0 aromatic heterocycles. The number of ether oxygens (including phenoxy) is 1. The molecule has 2 nitrogen and oxygen atoms in total. The molecule has 40 valence electrons. The summed E-state index contributed by atoms with van der Waals surface area (Å²) in [6, 6.07) is 0. The van der Waals surface area contributed by atoms with Crippen molar-refractivity contribution in [1.82, 2.24) is 0 Å². The van der Waals surface area contributed by atoms with Gasteiger partial charge in [-0.2, -0.15) is 0 Å². The van der Waals surface area contributed by atoms with Gasteiger partial charge in [0.15, 0.2) is 0 Å². The van der Waals surface area contributed by atoms with Crippen molar-refractivity contribution < 1.29 is 4.74 Å². The highest BCUT2D eigenvalue weighted by molar-refractivity contribution is 5.60. The van der Waals surface area contributed by atoms with Gasteiger partial charge in [-0.25, -0.2) is 0 Å². The monoisotopic (exact) mass is 99.1 g/mol. The Kier molecular flexibility index (Phi) is 1.42. The summed E-state index contributed by atoms with van der Waals surface area (Å²) in [6.45, 7) is 2.77. The molecule has 0 fully saturated rings. The average Bonchev–Trinajstić information content (AvgIpc) is 2.14. The smallest absolute Gasteiger partial charge is 0.148 e. The van der Waals surface area contributed by atoms with Crippen LogP contribution in [0.5, 0.6) is 0 Å². The van der Waals surface area contributed by atoms with Crippen molar-refractivity contribution in [3.8, 4) is 0 Å². The number of hydrogen-bond donors (Lipinski definition) is 0. The van der Waals surface area contributed by atoms with Crippen molar-refractivity contribution in [2.24, 2.45) is 4.99 Å². The van der Waals surface area contributed by atoms with Gasteiger partial charge in [0, 0.05) is 6.21 Å². The molecule has 7 heavy (non-hydrogen) atoms. The molecule has 2 heteroatoms. The van der Waals surface area contributed by atoms with E-state index in [9.17, 15) is 0 Å². The molecule has 0 spiro atoms. The van der Waals surface area contributed by atoms with Gasteiger partial charge in [-0.15, -0.1) is 0 Å². The van der Waals surface area contributed by atoms with E-state index in [4.69, 9.17) is 4.74 Å². The van der Waals surface area contributed by atoms with Gasteiger partial charge < -0.3 is 4.74 Å². The van der Waals surface area contributed by atoms with Gasteiger partial charge >= 0.3 is 0 Å². The lowest BCUT2D eigenvalue weighted by molar-refractivity contribution is 0.107. The fraction of sp³-hybridized carbons (Fsp3) is 0.800. The van der Waals surface area contributed by atoms with E-state index in [1.165, 1.54) is 0 Å².